The normalized spacial score (nSPS) is 11.6. The van der Waals surface area contributed by atoms with Gasteiger partial charge in [-0.2, -0.15) is 4.31 Å². The van der Waals surface area contributed by atoms with Gasteiger partial charge < -0.3 is 14.2 Å². The third-order valence-electron chi connectivity index (χ3n) is 5.89. The summed E-state index contributed by atoms with van der Waals surface area (Å²) in [6.07, 6.45) is 0.453. The Morgan fingerprint density at radius 1 is 0.861 bits per heavy atom. The molecule has 0 atom stereocenters. The Morgan fingerprint density at radius 2 is 1.58 bits per heavy atom. The first kappa shape index (κ1) is 25.8. The number of hydrogen-bond acceptors (Lipinski definition) is 6. The van der Waals surface area contributed by atoms with E-state index in [-0.39, 0.29) is 23.1 Å². The minimum Gasteiger partial charge on any atom is -0.497 e. The molecule has 0 fully saturated rings. The molecule has 4 rings (SSSR count). The Kier molecular flexibility index (Phi) is 7.98. The number of aromatic nitrogens is 1. The molecule has 1 aromatic heterocycles. The van der Waals surface area contributed by atoms with Crippen molar-refractivity contribution in [1.29, 1.82) is 0 Å². The van der Waals surface area contributed by atoms with E-state index >= 15 is 0 Å². The Labute approximate surface area is 216 Å². The summed E-state index contributed by atoms with van der Waals surface area (Å²) < 4.78 is 44.8. The minimum absolute atomic E-state index is 0.0678. The number of halogens is 1. The van der Waals surface area contributed by atoms with Crippen LogP contribution in [0.4, 0.5) is 0 Å². The zero-order valence-corrected chi connectivity index (χ0v) is 21.8. The zero-order valence-electron chi connectivity index (χ0n) is 20.3. The molecule has 0 N–H and O–H groups in total. The van der Waals surface area contributed by atoms with E-state index in [1.165, 1.54) is 23.5 Å². The second kappa shape index (κ2) is 11.2. The molecular formula is C27H27ClN2O5S. The summed E-state index contributed by atoms with van der Waals surface area (Å²) >= 11 is 6.49. The van der Waals surface area contributed by atoms with Gasteiger partial charge in [-0.1, -0.05) is 35.9 Å². The van der Waals surface area contributed by atoms with Crippen molar-refractivity contribution in [2.45, 2.75) is 17.9 Å². The van der Waals surface area contributed by atoms with Gasteiger partial charge in [0.1, 0.15) is 10.9 Å². The molecule has 0 aliphatic rings. The smallest absolute Gasteiger partial charge is 0.243 e. The topological polar surface area (TPSA) is 78.0 Å². The molecule has 0 radical (unpaired) electrons. The van der Waals surface area contributed by atoms with E-state index in [2.05, 4.69) is 4.98 Å². The summed E-state index contributed by atoms with van der Waals surface area (Å²) in [5.74, 6) is 1.77. The van der Waals surface area contributed by atoms with Crippen LogP contribution in [0.15, 0.2) is 77.7 Å². The van der Waals surface area contributed by atoms with Gasteiger partial charge in [0.25, 0.3) is 0 Å². The van der Waals surface area contributed by atoms with Crippen LogP contribution in [-0.4, -0.2) is 45.6 Å². The Hall–Kier alpha value is -3.33. The van der Waals surface area contributed by atoms with Gasteiger partial charge in [0, 0.05) is 24.0 Å². The van der Waals surface area contributed by atoms with Gasteiger partial charge in [0.15, 0.2) is 11.5 Å². The van der Waals surface area contributed by atoms with Crippen LogP contribution in [0.3, 0.4) is 0 Å². The van der Waals surface area contributed by atoms with E-state index in [0.29, 0.717) is 29.2 Å². The summed E-state index contributed by atoms with van der Waals surface area (Å²) in [6, 6.07) is 21.4. The highest BCUT2D eigenvalue weighted by molar-refractivity contribution is 7.89. The zero-order chi connectivity index (χ0) is 25.7. The van der Waals surface area contributed by atoms with Crippen LogP contribution in [0, 0.1) is 0 Å². The van der Waals surface area contributed by atoms with Crippen LogP contribution < -0.4 is 14.2 Å². The van der Waals surface area contributed by atoms with Crippen LogP contribution in [0.5, 0.6) is 17.2 Å². The van der Waals surface area contributed by atoms with Crippen LogP contribution in [0.2, 0.25) is 5.15 Å². The van der Waals surface area contributed by atoms with Gasteiger partial charge in [-0.25, -0.2) is 13.4 Å². The van der Waals surface area contributed by atoms with Crippen LogP contribution >= 0.6 is 11.6 Å². The molecule has 0 saturated heterocycles. The molecule has 3 aromatic carbocycles. The van der Waals surface area contributed by atoms with E-state index in [0.717, 1.165) is 16.5 Å². The maximum atomic E-state index is 13.7. The van der Waals surface area contributed by atoms with Gasteiger partial charge in [0.2, 0.25) is 10.0 Å². The number of nitrogens with zero attached hydrogens (tertiary/aromatic N) is 2. The fraction of sp³-hybridized carbons (Fsp3) is 0.222. The largest absolute Gasteiger partial charge is 0.497 e. The fourth-order valence-electron chi connectivity index (χ4n) is 3.91. The Morgan fingerprint density at radius 3 is 2.28 bits per heavy atom. The monoisotopic (exact) mass is 526 g/mol. The summed E-state index contributed by atoms with van der Waals surface area (Å²) in [7, 11) is 0.816. The first-order valence-electron chi connectivity index (χ1n) is 11.2. The summed E-state index contributed by atoms with van der Waals surface area (Å²) in [6.45, 7) is 0.283. The molecule has 0 bridgehead atoms. The van der Waals surface area contributed by atoms with Crippen LogP contribution in [-0.2, 0) is 23.0 Å². The molecule has 0 aliphatic heterocycles. The molecule has 36 heavy (non-hydrogen) atoms. The number of benzene rings is 3. The fourth-order valence-corrected chi connectivity index (χ4v) is 5.53. The number of fused-ring (bicyclic) bond motifs is 1. The van der Waals surface area contributed by atoms with Gasteiger partial charge in [-0.05, 0) is 60.5 Å². The van der Waals surface area contributed by atoms with Crippen LogP contribution in [0.1, 0.15) is 11.1 Å². The summed E-state index contributed by atoms with van der Waals surface area (Å²) in [4.78, 5) is 4.63. The Bertz CT molecular complexity index is 1460. The number of methoxy groups -OCH3 is 3. The lowest BCUT2D eigenvalue weighted by Crippen LogP contribution is -2.32. The van der Waals surface area contributed by atoms with E-state index in [9.17, 15) is 8.42 Å². The van der Waals surface area contributed by atoms with Crippen molar-refractivity contribution in [3.63, 3.8) is 0 Å². The minimum atomic E-state index is -3.86. The predicted octanol–water partition coefficient (Wildman–Crippen LogP) is 5.35. The SMILES string of the molecule is COc1ccc(S(=O)(=O)N(CCc2ccc(OC)c(OC)c2)Cc2cc3ccccc3nc2Cl)cc1. The third kappa shape index (κ3) is 5.56. The van der Waals surface area contributed by atoms with Crippen molar-refractivity contribution in [2.75, 3.05) is 27.9 Å². The van der Waals surface area contributed by atoms with Crippen LogP contribution in [0.25, 0.3) is 10.9 Å². The quantitative estimate of drug-likeness (QED) is 0.259. The predicted molar refractivity (Wildman–Crippen MR) is 141 cm³/mol. The highest BCUT2D eigenvalue weighted by Crippen LogP contribution is 2.29. The standard InChI is InChI=1S/C27H27ClN2O5S/c1-33-22-9-11-23(12-10-22)36(31,32)30(15-14-19-8-13-25(34-2)26(16-19)35-3)18-21-17-20-6-4-5-7-24(20)29-27(21)28/h4-13,16-17H,14-15,18H2,1-3H3. The molecule has 188 valence electrons. The molecule has 0 unspecified atom stereocenters. The number of rotatable bonds is 10. The van der Waals surface area contributed by atoms with Gasteiger partial charge in [-0.3, -0.25) is 0 Å². The second-order valence-electron chi connectivity index (χ2n) is 8.08. The molecule has 9 heteroatoms. The lowest BCUT2D eigenvalue weighted by molar-refractivity contribution is 0.354. The first-order chi connectivity index (χ1) is 17.3. The maximum Gasteiger partial charge on any atom is 0.243 e. The van der Waals surface area contributed by atoms with Crippen molar-refractivity contribution in [2.24, 2.45) is 0 Å². The molecule has 0 amide bonds. The highest BCUT2D eigenvalue weighted by atomic mass is 35.5. The number of sulfonamides is 1. The molecule has 1 heterocycles. The third-order valence-corrected chi connectivity index (χ3v) is 8.08. The molecule has 4 aromatic rings. The van der Waals surface area contributed by atoms with E-state index in [1.54, 1.807) is 32.4 Å². The number of pyridine rings is 1. The lowest BCUT2D eigenvalue weighted by atomic mass is 10.1. The molecule has 0 aliphatic carbocycles. The van der Waals surface area contributed by atoms with Crippen molar-refractivity contribution in [1.82, 2.24) is 9.29 Å². The van der Waals surface area contributed by atoms with E-state index in [1.807, 2.05) is 42.5 Å². The number of hydrogen-bond donors (Lipinski definition) is 0. The van der Waals surface area contributed by atoms with Crippen molar-refractivity contribution in [3.8, 4) is 17.2 Å². The van der Waals surface area contributed by atoms with E-state index in [4.69, 9.17) is 25.8 Å². The van der Waals surface area contributed by atoms with Gasteiger partial charge in [-0.15, -0.1) is 0 Å². The molecular weight excluding hydrogens is 500 g/mol. The lowest BCUT2D eigenvalue weighted by Gasteiger charge is -2.23. The number of ether oxygens (including phenoxy) is 3. The number of para-hydroxylation sites is 1. The summed E-state index contributed by atoms with van der Waals surface area (Å²) in [5, 5.41) is 1.16. The van der Waals surface area contributed by atoms with Gasteiger partial charge >= 0.3 is 0 Å². The van der Waals surface area contributed by atoms with Crippen molar-refractivity contribution in [3.05, 3.63) is 89.1 Å². The molecule has 7 nitrogen and oxygen atoms in total. The Balaban J connectivity index is 1.68. The summed E-state index contributed by atoms with van der Waals surface area (Å²) in [5.41, 5.74) is 2.28. The molecule has 0 saturated carbocycles. The second-order valence-corrected chi connectivity index (χ2v) is 10.4. The first-order valence-corrected chi connectivity index (χ1v) is 13.1. The van der Waals surface area contributed by atoms with Gasteiger partial charge in [0.05, 0.1) is 31.7 Å². The maximum absolute atomic E-state index is 13.7. The average Bonchev–Trinajstić information content (AvgIpc) is 2.90. The average molecular weight is 527 g/mol. The highest BCUT2D eigenvalue weighted by Gasteiger charge is 2.26. The van der Waals surface area contributed by atoms with E-state index < -0.39 is 10.0 Å². The van der Waals surface area contributed by atoms with Crippen molar-refractivity contribution < 1.29 is 22.6 Å². The molecule has 0 spiro atoms. The van der Waals surface area contributed by atoms with Crippen molar-refractivity contribution >= 4 is 32.5 Å².